The lowest BCUT2D eigenvalue weighted by Gasteiger charge is -2.36. The first kappa shape index (κ1) is 16.5. The van der Waals surface area contributed by atoms with Crippen LogP contribution in [0.5, 0.6) is 0 Å². The van der Waals surface area contributed by atoms with Gasteiger partial charge in [0.15, 0.2) is 0 Å². The average molecular weight is 344 g/mol. The summed E-state index contributed by atoms with van der Waals surface area (Å²) in [5.41, 5.74) is 0. The summed E-state index contributed by atoms with van der Waals surface area (Å²) in [4.78, 5) is 0. The maximum Gasteiger partial charge on any atom is 0.217 e. The zero-order chi connectivity index (χ0) is 15.0. The van der Waals surface area contributed by atoms with E-state index in [0.717, 1.165) is 25.7 Å². The third-order valence-corrected chi connectivity index (χ3v) is 9.05. The zero-order valence-electron chi connectivity index (χ0n) is 11.7. The van der Waals surface area contributed by atoms with Crippen LogP contribution in [0.2, 0.25) is 0 Å². The van der Waals surface area contributed by atoms with Crippen LogP contribution in [0.15, 0.2) is 0 Å². The van der Waals surface area contributed by atoms with Gasteiger partial charge in [0.25, 0.3) is 0 Å². The summed E-state index contributed by atoms with van der Waals surface area (Å²) in [7, 11) is -4.92. The van der Waals surface area contributed by atoms with Gasteiger partial charge in [-0.15, -0.1) is 11.6 Å². The normalized spacial score (nSPS) is 32.4. The number of hydrogen-bond acceptors (Lipinski definition) is 4. The van der Waals surface area contributed by atoms with Gasteiger partial charge in [0.05, 0.1) is 22.1 Å². The molecule has 0 aromatic rings. The first-order chi connectivity index (χ1) is 9.24. The summed E-state index contributed by atoms with van der Waals surface area (Å²) in [6.45, 7) is 0. The van der Waals surface area contributed by atoms with Crippen molar-refractivity contribution in [3.05, 3.63) is 0 Å². The number of hydrogen-bond donors (Lipinski definition) is 0. The SMILES string of the molecule is CN(C1CCCCC1Cl)S(=O)(=O)C1CCS(=O)(=O)CC1. The Labute approximate surface area is 126 Å². The fourth-order valence-corrected chi connectivity index (χ4v) is 7.30. The van der Waals surface area contributed by atoms with Crippen LogP contribution in [0, 0.1) is 0 Å². The molecule has 2 fully saturated rings. The average Bonchev–Trinajstić information content (AvgIpc) is 2.38. The van der Waals surface area contributed by atoms with Crippen molar-refractivity contribution in [2.45, 2.75) is 55.2 Å². The third kappa shape index (κ3) is 3.48. The van der Waals surface area contributed by atoms with Crippen LogP contribution >= 0.6 is 11.6 Å². The summed E-state index contributed by atoms with van der Waals surface area (Å²) in [5.74, 6) is -0.0561. The number of nitrogens with zero attached hydrogens (tertiary/aromatic N) is 1. The molecule has 0 aromatic carbocycles. The molecule has 2 rings (SSSR count). The van der Waals surface area contributed by atoms with Gasteiger partial charge in [-0.05, 0) is 25.7 Å². The second-order valence-electron chi connectivity index (χ2n) is 5.78. The Hall–Kier alpha value is 0.150. The predicted molar refractivity (Wildman–Crippen MR) is 80.3 cm³/mol. The highest BCUT2D eigenvalue weighted by Gasteiger charge is 2.40. The van der Waals surface area contributed by atoms with Crippen molar-refractivity contribution < 1.29 is 16.8 Å². The van der Waals surface area contributed by atoms with Gasteiger partial charge in [-0.3, -0.25) is 0 Å². The van der Waals surface area contributed by atoms with Crippen LogP contribution in [0.1, 0.15) is 38.5 Å². The van der Waals surface area contributed by atoms with Gasteiger partial charge >= 0.3 is 0 Å². The molecule has 0 amide bonds. The Morgan fingerprint density at radius 3 is 2.15 bits per heavy atom. The van der Waals surface area contributed by atoms with Crippen LogP contribution in [0.4, 0.5) is 0 Å². The molecule has 0 radical (unpaired) electrons. The molecule has 1 heterocycles. The number of sulfonamides is 1. The molecule has 20 heavy (non-hydrogen) atoms. The van der Waals surface area contributed by atoms with E-state index >= 15 is 0 Å². The highest BCUT2D eigenvalue weighted by Crippen LogP contribution is 2.31. The Balaban J connectivity index is 2.09. The highest BCUT2D eigenvalue weighted by molar-refractivity contribution is 7.92. The molecule has 0 N–H and O–H groups in total. The monoisotopic (exact) mass is 343 g/mol. The molecular formula is C12H22ClNO4S2. The van der Waals surface area contributed by atoms with Crippen molar-refractivity contribution in [3.8, 4) is 0 Å². The molecule has 0 bridgehead atoms. The summed E-state index contributed by atoms with van der Waals surface area (Å²) in [6, 6.07) is -0.158. The molecule has 1 aliphatic heterocycles. The van der Waals surface area contributed by atoms with Crippen molar-refractivity contribution in [1.29, 1.82) is 0 Å². The van der Waals surface area contributed by atoms with Gasteiger partial charge in [0, 0.05) is 13.1 Å². The van der Waals surface area contributed by atoms with E-state index in [0.29, 0.717) is 0 Å². The molecular weight excluding hydrogens is 322 g/mol. The Morgan fingerprint density at radius 1 is 1.05 bits per heavy atom. The molecule has 1 saturated heterocycles. The minimum Gasteiger partial charge on any atom is -0.229 e. The lowest BCUT2D eigenvalue weighted by atomic mass is 9.95. The maximum atomic E-state index is 12.6. The van der Waals surface area contributed by atoms with Crippen molar-refractivity contribution in [2.75, 3.05) is 18.6 Å². The summed E-state index contributed by atoms with van der Waals surface area (Å²) < 4.78 is 49.5. The first-order valence-electron chi connectivity index (χ1n) is 7.05. The van der Waals surface area contributed by atoms with Gasteiger partial charge in [-0.25, -0.2) is 21.1 Å². The fraction of sp³-hybridized carbons (Fsp3) is 1.00. The minimum absolute atomic E-state index is 0.0281. The topological polar surface area (TPSA) is 71.5 Å². The lowest BCUT2D eigenvalue weighted by Crippen LogP contribution is -2.49. The predicted octanol–water partition coefficient (Wildman–Crippen LogP) is 1.38. The molecule has 2 aliphatic rings. The van der Waals surface area contributed by atoms with Crippen molar-refractivity contribution in [1.82, 2.24) is 4.31 Å². The second kappa shape index (κ2) is 6.10. The highest BCUT2D eigenvalue weighted by atomic mass is 35.5. The fourth-order valence-electron chi connectivity index (χ4n) is 3.07. The van der Waals surface area contributed by atoms with Crippen LogP contribution in [-0.4, -0.2) is 56.4 Å². The summed E-state index contributed by atoms with van der Waals surface area (Å²) in [5, 5.41) is -0.724. The molecule has 0 aromatic heterocycles. The molecule has 1 aliphatic carbocycles. The van der Waals surface area contributed by atoms with Gasteiger partial charge < -0.3 is 0 Å². The quantitative estimate of drug-likeness (QED) is 0.726. The van der Waals surface area contributed by atoms with E-state index in [1.54, 1.807) is 7.05 Å². The van der Waals surface area contributed by atoms with Gasteiger partial charge in [-0.2, -0.15) is 0 Å². The van der Waals surface area contributed by atoms with Crippen molar-refractivity contribution in [2.24, 2.45) is 0 Å². The van der Waals surface area contributed by atoms with E-state index in [9.17, 15) is 16.8 Å². The molecule has 2 atom stereocenters. The second-order valence-corrected chi connectivity index (χ2v) is 10.9. The Bertz CT molecular complexity index is 532. The zero-order valence-corrected chi connectivity index (χ0v) is 14.1. The third-order valence-electron chi connectivity index (χ3n) is 4.44. The Morgan fingerprint density at radius 2 is 1.60 bits per heavy atom. The van der Waals surface area contributed by atoms with Gasteiger partial charge in [0.1, 0.15) is 9.84 Å². The van der Waals surface area contributed by atoms with E-state index in [1.165, 1.54) is 4.31 Å². The van der Waals surface area contributed by atoms with Crippen LogP contribution in [0.3, 0.4) is 0 Å². The molecule has 1 saturated carbocycles. The van der Waals surface area contributed by atoms with E-state index in [4.69, 9.17) is 11.6 Å². The van der Waals surface area contributed by atoms with E-state index < -0.39 is 25.1 Å². The molecule has 2 unspecified atom stereocenters. The largest absolute Gasteiger partial charge is 0.229 e. The van der Waals surface area contributed by atoms with Crippen LogP contribution in [0.25, 0.3) is 0 Å². The molecule has 8 heteroatoms. The first-order valence-corrected chi connectivity index (χ1v) is 10.8. The van der Waals surface area contributed by atoms with Crippen molar-refractivity contribution >= 4 is 31.5 Å². The lowest BCUT2D eigenvalue weighted by molar-refractivity contribution is 0.287. The van der Waals surface area contributed by atoms with Gasteiger partial charge in [0.2, 0.25) is 10.0 Å². The Kier molecular flexibility index (Phi) is 5.04. The molecule has 0 spiro atoms. The maximum absolute atomic E-state index is 12.6. The van der Waals surface area contributed by atoms with Crippen molar-refractivity contribution in [3.63, 3.8) is 0 Å². The standard InChI is InChI=1S/C12H22ClNO4S2/c1-14(12-5-3-2-4-11(12)13)20(17,18)10-6-8-19(15,16)9-7-10/h10-12H,2-9H2,1H3. The van der Waals surface area contributed by atoms with Gasteiger partial charge in [-0.1, -0.05) is 12.8 Å². The van der Waals surface area contributed by atoms with Crippen LogP contribution < -0.4 is 0 Å². The van der Waals surface area contributed by atoms with E-state index in [-0.39, 0.29) is 35.8 Å². The minimum atomic E-state index is -3.46. The molecule has 5 nitrogen and oxygen atoms in total. The number of sulfone groups is 1. The van der Waals surface area contributed by atoms with E-state index in [1.807, 2.05) is 0 Å². The number of alkyl halides is 1. The number of halogens is 1. The van der Waals surface area contributed by atoms with E-state index in [2.05, 4.69) is 0 Å². The summed E-state index contributed by atoms with van der Waals surface area (Å²) in [6.07, 6.45) is 4.07. The summed E-state index contributed by atoms with van der Waals surface area (Å²) >= 11 is 6.27. The van der Waals surface area contributed by atoms with Crippen LogP contribution in [-0.2, 0) is 19.9 Å². The number of rotatable bonds is 3. The molecule has 118 valence electrons. The smallest absolute Gasteiger partial charge is 0.217 e.